The van der Waals surface area contributed by atoms with Gasteiger partial charge in [-0.1, -0.05) is 111 Å². The van der Waals surface area contributed by atoms with Gasteiger partial charge in [-0.25, -0.2) is 4.98 Å². The van der Waals surface area contributed by atoms with Crippen LogP contribution >= 0.6 is 0 Å². The SMILES string of the molecule is CC(C)c1cc(-c2ccccc2)cc(C(C)C)c1-n1c(-c2[c-]ccc3c2oc2cc4oc(-c5ccccc5)nc4cc23)nc2ccccc21.[Ir].[c-]1ccccc1-c1ccccn1. The molecule has 0 spiro atoms. The molecule has 0 saturated heterocycles. The molecule has 0 aliphatic heterocycles. The number of oxazole rings is 1. The molecule has 4 aromatic heterocycles. The van der Waals surface area contributed by atoms with E-state index in [2.05, 4.69) is 122 Å². The fraction of sp³-hybridized carbons (Fsp3) is 0.109. The van der Waals surface area contributed by atoms with Crippen LogP contribution < -0.4 is 0 Å². The van der Waals surface area contributed by atoms with Crippen molar-refractivity contribution in [2.45, 2.75) is 39.5 Å². The minimum absolute atomic E-state index is 0. The van der Waals surface area contributed by atoms with Crippen LogP contribution in [0.4, 0.5) is 0 Å². The van der Waals surface area contributed by atoms with Gasteiger partial charge in [-0.05, 0) is 88.3 Å². The largest absolute Gasteiger partial charge is 0.500 e. The standard InChI is InChI=1S/C44H34N3O2.C11H8N.Ir/c1-26(2)33-22-30(28-14-7-5-8-15-28)23-34(27(3)4)41(33)47-38-21-12-11-20-36(38)45-43(47)32-19-13-18-31-35-24-37-40(25-39(35)48-42(31)32)49-44(46-37)29-16-9-6-10-17-29;1-2-6-10(7-3-1)11-8-4-5-9-12-11;/h5-18,20-27H,1-4H3;1-6,8-9H;/q2*-1;. The minimum atomic E-state index is 0. The Kier molecular flexibility index (Phi) is 11.2. The third-order valence-corrected chi connectivity index (χ3v) is 11.1. The van der Waals surface area contributed by atoms with E-state index in [-0.39, 0.29) is 31.9 Å². The first-order valence-corrected chi connectivity index (χ1v) is 20.7. The summed E-state index contributed by atoms with van der Waals surface area (Å²) in [5, 5.41) is 1.97. The predicted molar refractivity (Wildman–Crippen MR) is 248 cm³/mol. The molecule has 0 unspecified atom stereocenters. The van der Waals surface area contributed by atoms with Gasteiger partial charge in [-0.15, -0.1) is 54.1 Å². The van der Waals surface area contributed by atoms with Crippen LogP contribution in [0.3, 0.4) is 0 Å². The summed E-state index contributed by atoms with van der Waals surface area (Å²) in [4.78, 5) is 14.3. The number of benzene rings is 7. The van der Waals surface area contributed by atoms with E-state index in [9.17, 15) is 0 Å². The molecule has 0 aliphatic carbocycles. The van der Waals surface area contributed by atoms with Crippen LogP contribution in [0, 0.1) is 12.1 Å². The average Bonchev–Trinajstić information content (AvgIpc) is 4.02. The van der Waals surface area contributed by atoms with Crippen LogP contribution in [-0.2, 0) is 20.1 Å². The molecule has 0 atom stereocenters. The summed E-state index contributed by atoms with van der Waals surface area (Å²) in [7, 11) is 0. The van der Waals surface area contributed by atoms with E-state index in [0.29, 0.717) is 11.5 Å². The number of furan rings is 1. The van der Waals surface area contributed by atoms with E-state index < -0.39 is 0 Å². The maximum absolute atomic E-state index is 6.71. The Morgan fingerprint density at radius 2 is 1.24 bits per heavy atom. The van der Waals surface area contributed by atoms with Gasteiger partial charge in [0.15, 0.2) is 5.58 Å². The summed E-state index contributed by atoms with van der Waals surface area (Å²) in [6, 6.07) is 62.1. The van der Waals surface area contributed by atoms with Crippen molar-refractivity contribution in [3.8, 4) is 50.9 Å². The van der Waals surface area contributed by atoms with Gasteiger partial charge in [-0.2, -0.15) is 0 Å². The normalized spacial score (nSPS) is 11.4. The zero-order chi connectivity index (χ0) is 41.5. The molecule has 0 amide bonds. The van der Waals surface area contributed by atoms with Gasteiger partial charge < -0.3 is 18.4 Å². The number of hydrogen-bond donors (Lipinski definition) is 0. The van der Waals surface area contributed by atoms with E-state index in [1.165, 1.54) is 27.9 Å². The topological polar surface area (TPSA) is 69.9 Å². The van der Waals surface area contributed by atoms with Crippen molar-refractivity contribution in [3.63, 3.8) is 0 Å². The van der Waals surface area contributed by atoms with E-state index in [4.69, 9.17) is 18.8 Å². The Morgan fingerprint density at radius 1 is 0.548 bits per heavy atom. The Bertz CT molecular complexity index is 3230. The molecule has 11 rings (SSSR count). The Morgan fingerprint density at radius 3 is 1.94 bits per heavy atom. The number of hydrogen-bond acceptors (Lipinski definition) is 5. The van der Waals surface area contributed by atoms with E-state index >= 15 is 0 Å². The molecular weight excluding hydrogens is 941 g/mol. The van der Waals surface area contributed by atoms with E-state index in [1.807, 2.05) is 91.0 Å². The third kappa shape index (κ3) is 7.55. The molecule has 7 heteroatoms. The monoisotopic (exact) mass is 983 g/mol. The van der Waals surface area contributed by atoms with Crippen LogP contribution in [0.25, 0.3) is 95.0 Å². The van der Waals surface area contributed by atoms with E-state index in [1.54, 1.807) is 6.20 Å². The molecule has 6 nitrogen and oxygen atoms in total. The Labute approximate surface area is 374 Å². The van der Waals surface area contributed by atoms with Crippen LogP contribution in [0.15, 0.2) is 179 Å². The van der Waals surface area contributed by atoms with Gasteiger partial charge >= 0.3 is 0 Å². The summed E-state index contributed by atoms with van der Waals surface area (Å²) >= 11 is 0. The molecule has 11 aromatic rings. The van der Waals surface area contributed by atoms with Crippen LogP contribution in [-0.4, -0.2) is 19.5 Å². The smallest absolute Gasteiger partial charge is 0.227 e. The number of rotatable bonds is 7. The van der Waals surface area contributed by atoms with Crippen molar-refractivity contribution in [1.29, 1.82) is 0 Å². The molecule has 0 bridgehead atoms. The fourth-order valence-electron chi connectivity index (χ4n) is 8.14. The Hall–Kier alpha value is -6.92. The molecule has 0 aliphatic rings. The van der Waals surface area contributed by atoms with Gasteiger partial charge in [-0.3, -0.25) is 4.98 Å². The van der Waals surface area contributed by atoms with Crippen molar-refractivity contribution in [3.05, 3.63) is 193 Å². The van der Waals surface area contributed by atoms with Crippen molar-refractivity contribution in [2.24, 2.45) is 0 Å². The maximum Gasteiger partial charge on any atom is 0.227 e. The number of pyridine rings is 1. The molecule has 305 valence electrons. The van der Waals surface area contributed by atoms with Crippen molar-refractivity contribution in [1.82, 2.24) is 19.5 Å². The number of aromatic nitrogens is 4. The maximum atomic E-state index is 6.71. The molecule has 62 heavy (non-hydrogen) atoms. The Balaban J connectivity index is 0.000000325. The van der Waals surface area contributed by atoms with Crippen LogP contribution in [0.1, 0.15) is 50.7 Å². The molecule has 0 N–H and O–H groups in total. The van der Waals surface area contributed by atoms with Gasteiger partial charge in [0.25, 0.3) is 0 Å². The molecule has 7 aromatic carbocycles. The summed E-state index contributed by atoms with van der Waals surface area (Å²) in [6.45, 7) is 9.09. The molecule has 0 saturated carbocycles. The van der Waals surface area contributed by atoms with Gasteiger partial charge in [0.05, 0.1) is 22.4 Å². The minimum Gasteiger partial charge on any atom is -0.500 e. The summed E-state index contributed by atoms with van der Waals surface area (Å²) in [5.74, 6) is 1.92. The van der Waals surface area contributed by atoms with Gasteiger partial charge in [0, 0.05) is 49.0 Å². The first-order chi connectivity index (χ1) is 29.9. The summed E-state index contributed by atoms with van der Waals surface area (Å²) in [6.07, 6.45) is 1.79. The van der Waals surface area contributed by atoms with Crippen LogP contribution in [0.2, 0.25) is 0 Å². The van der Waals surface area contributed by atoms with Crippen molar-refractivity contribution < 1.29 is 28.9 Å². The summed E-state index contributed by atoms with van der Waals surface area (Å²) in [5.41, 5.74) is 14.8. The number of nitrogens with zero attached hydrogens (tertiary/aromatic N) is 4. The molecule has 1 radical (unpaired) electrons. The number of imidazole rings is 1. The van der Waals surface area contributed by atoms with Gasteiger partial charge in [0.1, 0.15) is 11.1 Å². The third-order valence-electron chi connectivity index (χ3n) is 11.1. The zero-order valence-electron chi connectivity index (χ0n) is 34.8. The quantitative estimate of drug-likeness (QED) is 0.149. The van der Waals surface area contributed by atoms with Crippen molar-refractivity contribution in [2.75, 3.05) is 0 Å². The first-order valence-electron chi connectivity index (χ1n) is 20.7. The number of para-hydroxylation sites is 2. The second-order valence-electron chi connectivity index (χ2n) is 15.8. The predicted octanol–water partition coefficient (Wildman–Crippen LogP) is 14.7. The van der Waals surface area contributed by atoms with Crippen LogP contribution in [0.5, 0.6) is 0 Å². The molecular formula is C55H42IrN4O2-2. The molecule has 0 fully saturated rings. The fourth-order valence-corrected chi connectivity index (χ4v) is 8.14. The van der Waals surface area contributed by atoms with Gasteiger partial charge in [0.2, 0.25) is 5.89 Å². The second kappa shape index (κ2) is 17.2. The second-order valence-corrected chi connectivity index (χ2v) is 15.8. The zero-order valence-corrected chi connectivity index (χ0v) is 37.2. The molecule has 4 heterocycles. The average molecular weight is 983 g/mol. The van der Waals surface area contributed by atoms with E-state index in [0.717, 1.165) is 66.7 Å². The summed E-state index contributed by atoms with van der Waals surface area (Å²) < 4.78 is 15.3. The van der Waals surface area contributed by atoms with Crippen molar-refractivity contribution >= 4 is 44.1 Å². The number of fused-ring (bicyclic) bond motifs is 5. The first kappa shape index (κ1) is 40.5.